The smallest absolute Gasteiger partial charge is 0.374 e. The van der Waals surface area contributed by atoms with E-state index in [1.54, 1.807) is 18.2 Å². The van der Waals surface area contributed by atoms with Crippen LogP contribution in [0.4, 0.5) is 0 Å². The zero-order valence-corrected chi connectivity index (χ0v) is 27.0. The number of allylic oxidation sites excluding steroid dienone is 4. The fourth-order valence-electron chi connectivity index (χ4n) is 5.86. The molecule has 5 rings (SSSR count). The van der Waals surface area contributed by atoms with Crippen LogP contribution in [0.3, 0.4) is 0 Å². The average molecular weight is 674 g/mol. The van der Waals surface area contributed by atoms with Crippen LogP contribution < -0.4 is 4.57 Å². The number of fused-ring (bicyclic) bond motifs is 1. The number of aromatic nitrogens is 1. The van der Waals surface area contributed by atoms with E-state index in [2.05, 4.69) is 6.07 Å². The number of aryl methyl sites for hydroxylation is 1. The van der Waals surface area contributed by atoms with Crippen molar-refractivity contribution >= 4 is 49.0 Å². The fourth-order valence-corrected chi connectivity index (χ4v) is 7.33. The van der Waals surface area contributed by atoms with Crippen molar-refractivity contribution in [3.63, 3.8) is 0 Å². The first-order valence-electron chi connectivity index (χ1n) is 14.5. The van der Waals surface area contributed by atoms with Crippen molar-refractivity contribution in [3.05, 3.63) is 83.8 Å². The Labute approximate surface area is 267 Å². The second kappa shape index (κ2) is 13.4. The van der Waals surface area contributed by atoms with Crippen LogP contribution in [0.25, 0.3) is 28.3 Å². The van der Waals surface area contributed by atoms with Gasteiger partial charge in [-0.1, -0.05) is 36.4 Å². The van der Waals surface area contributed by atoms with Gasteiger partial charge in [0.1, 0.15) is 5.82 Å². The van der Waals surface area contributed by atoms with Gasteiger partial charge in [0, 0.05) is 43.3 Å². The molecule has 2 aromatic carbocycles. The summed E-state index contributed by atoms with van der Waals surface area (Å²) in [4.78, 5) is 3.45. The fraction of sp³-hybridized carbons (Fsp3) is 0.355. The predicted molar refractivity (Wildman–Crippen MR) is 170 cm³/mol. The van der Waals surface area contributed by atoms with Gasteiger partial charge in [0.05, 0.1) is 29.2 Å². The molecule has 2 aliphatic rings. The normalized spacial score (nSPS) is 20.0. The van der Waals surface area contributed by atoms with Gasteiger partial charge in [-0.2, -0.15) is 26.7 Å². The Balaban J connectivity index is 1.52. The van der Waals surface area contributed by atoms with Gasteiger partial charge in [0.15, 0.2) is 12.4 Å². The molecule has 1 aliphatic carbocycles. The molecule has 2 N–H and O–H groups in total. The van der Waals surface area contributed by atoms with Crippen molar-refractivity contribution in [2.24, 2.45) is 5.92 Å². The SMILES string of the molecule is CCN1C(=CC=Cc2oc3ccc(-c4ccccc4)cc3[n+]2CCCCS(=O)(=O)O)N(CS(=O)(=O)O)C2=C1CC(Cl)C(C#N)C2. The molecule has 0 amide bonds. The second-order valence-electron chi connectivity index (χ2n) is 11.0. The van der Waals surface area contributed by atoms with E-state index in [0.29, 0.717) is 48.9 Å². The van der Waals surface area contributed by atoms with Gasteiger partial charge in [0.25, 0.3) is 25.8 Å². The highest BCUT2D eigenvalue weighted by atomic mass is 35.5. The lowest BCUT2D eigenvalue weighted by Crippen LogP contribution is -2.35. The predicted octanol–water partition coefficient (Wildman–Crippen LogP) is 5.15. The van der Waals surface area contributed by atoms with Gasteiger partial charge in [-0.05, 0) is 42.7 Å². The number of hydrogen-bond donors (Lipinski definition) is 2. The van der Waals surface area contributed by atoms with Gasteiger partial charge in [0.2, 0.25) is 5.58 Å². The zero-order chi connectivity index (χ0) is 32.4. The molecule has 0 spiro atoms. The zero-order valence-electron chi connectivity index (χ0n) is 24.6. The number of unbranched alkanes of at least 4 members (excludes halogenated alkanes) is 1. The van der Waals surface area contributed by atoms with E-state index < -0.39 is 37.4 Å². The Hall–Kier alpha value is -3.67. The van der Waals surface area contributed by atoms with Crippen LogP contribution in [0.1, 0.15) is 38.5 Å². The maximum Gasteiger partial charge on any atom is 0.374 e. The van der Waals surface area contributed by atoms with Crippen LogP contribution in [0.2, 0.25) is 0 Å². The van der Waals surface area contributed by atoms with Crippen molar-refractivity contribution in [1.82, 2.24) is 9.80 Å². The van der Waals surface area contributed by atoms with Crippen LogP contribution in [-0.2, 0) is 26.8 Å². The minimum absolute atomic E-state index is 0.253. The average Bonchev–Trinajstić information content (AvgIpc) is 3.47. The van der Waals surface area contributed by atoms with Crippen LogP contribution in [0.5, 0.6) is 0 Å². The van der Waals surface area contributed by atoms with Crippen LogP contribution in [-0.4, -0.2) is 59.3 Å². The van der Waals surface area contributed by atoms with Gasteiger partial charge in [-0.25, -0.2) is 0 Å². The lowest BCUT2D eigenvalue weighted by Gasteiger charge is -2.27. The van der Waals surface area contributed by atoms with E-state index in [0.717, 1.165) is 22.3 Å². The summed E-state index contributed by atoms with van der Waals surface area (Å²) < 4.78 is 73.7. The molecular weight excluding hydrogens is 640 g/mol. The van der Waals surface area contributed by atoms with E-state index in [9.17, 15) is 31.2 Å². The van der Waals surface area contributed by atoms with Crippen molar-refractivity contribution in [2.45, 2.75) is 44.5 Å². The van der Waals surface area contributed by atoms with Crippen molar-refractivity contribution in [1.29, 1.82) is 5.26 Å². The molecule has 14 heteroatoms. The molecule has 0 radical (unpaired) electrons. The summed E-state index contributed by atoms with van der Waals surface area (Å²) in [5.41, 5.74) is 4.88. The molecule has 45 heavy (non-hydrogen) atoms. The Morgan fingerprint density at radius 3 is 2.42 bits per heavy atom. The van der Waals surface area contributed by atoms with E-state index in [1.807, 2.05) is 64.9 Å². The summed E-state index contributed by atoms with van der Waals surface area (Å²) in [5.74, 6) is -0.530. The first-order valence-corrected chi connectivity index (χ1v) is 18.1. The molecule has 0 saturated heterocycles. The highest BCUT2D eigenvalue weighted by Gasteiger charge is 2.41. The summed E-state index contributed by atoms with van der Waals surface area (Å²) in [7, 11) is -8.49. The van der Waals surface area contributed by atoms with E-state index in [4.69, 9.17) is 16.0 Å². The number of nitriles is 1. The highest BCUT2D eigenvalue weighted by molar-refractivity contribution is 7.86. The first kappa shape index (κ1) is 32.7. The molecule has 2 unspecified atom stereocenters. The standard InChI is InChI=1S/C31H33ClN4O7S2/c1-2-34-27-19-25(32)24(20-33)18-26(27)36(21-45(40,41)42)30(34)11-8-12-31-35(15-6-7-16-44(37,38)39)28-17-23(13-14-29(28)43-31)22-9-4-3-5-10-22/h3-5,8-14,17,24-25H,2,6-7,15-16,18-19,21H2,1H3,(H-,37,38,39,40,41,42)/p+1. The Bertz CT molecular complexity index is 1930. The summed E-state index contributed by atoms with van der Waals surface area (Å²) in [6.45, 7) is 2.83. The van der Waals surface area contributed by atoms with Crippen molar-refractivity contribution in [2.75, 3.05) is 18.2 Å². The molecule has 3 aromatic rings. The minimum atomic E-state index is -4.41. The number of rotatable bonds is 11. The first-order chi connectivity index (χ1) is 21.4. The largest absolute Gasteiger partial charge is 0.398 e. The third kappa shape index (κ3) is 7.59. The van der Waals surface area contributed by atoms with E-state index >= 15 is 0 Å². The molecule has 2 heterocycles. The number of oxazole rings is 1. The Morgan fingerprint density at radius 1 is 1.02 bits per heavy atom. The quantitative estimate of drug-likeness (QED) is 0.121. The maximum atomic E-state index is 12.0. The Morgan fingerprint density at radius 2 is 1.76 bits per heavy atom. The summed E-state index contributed by atoms with van der Waals surface area (Å²) >= 11 is 6.50. The monoisotopic (exact) mass is 673 g/mol. The number of alkyl halides is 1. The van der Waals surface area contributed by atoms with Gasteiger partial charge in [-0.3, -0.25) is 9.11 Å². The van der Waals surface area contributed by atoms with Crippen LogP contribution in [0.15, 0.2) is 82.3 Å². The van der Waals surface area contributed by atoms with Crippen molar-refractivity contribution < 1.29 is 34.9 Å². The minimum Gasteiger partial charge on any atom is -0.398 e. The summed E-state index contributed by atoms with van der Waals surface area (Å²) in [5, 5.41) is 9.17. The highest BCUT2D eigenvalue weighted by Crippen LogP contribution is 2.44. The molecule has 2 atom stereocenters. The molecule has 1 aliphatic heterocycles. The molecule has 238 valence electrons. The molecule has 0 bridgehead atoms. The lowest BCUT2D eigenvalue weighted by molar-refractivity contribution is -0.678. The summed E-state index contributed by atoms with van der Waals surface area (Å²) in [6, 6.07) is 17.9. The Kier molecular flexibility index (Phi) is 9.71. The third-order valence-electron chi connectivity index (χ3n) is 7.91. The van der Waals surface area contributed by atoms with Crippen molar-refractivity contribution in [3.8, 4) is 17.2 Å². The molecule has 0 fully saturated rings. The van der Waals surface area contributed by atoms with E-state index in [-0.39, 0.29) is 18.6 Å². The van der Waals surface area contributed by atoms with Crippen LogP contribution in [0, 0.1) is 17.2 Å². The number of hydrogen-bond acceptors (Lipinski definition) is 8. The lowest BCUT2D eigenvalue weighted by atomic mass is 9.90. The van der Waals surface area contributed by atoms with Gasteiger partial charge >= 0.3 is 5.89 Å². The molecular formula is C31H34ClN4O7S2+. The van der Waals surface area contributed by atoms with Gasteiger partial charge < -0.3 is 14.2 Å². The maximum absolute atomic E-state index is 12.0. The molecule has 1 aromatic heterocycles. The van der Waals surface area contributed by atoms with Gasteiger partial charge in [-0.15, -0.1) is 11.6 Å². The number of benzene rings is 2. The third-order valence-corrected chi connectivity index (χ3v) is 9.75. The number of nitrogens with zero attached hydrogens (tertiary/aromatic N) is 4. The summed E-state index contributed by atoms with van der Waals surface area (Å²) in [6.07, 6.45) is 6.52. The second-order valence-corrected chi connectivity index (χ2v) is 14.5. The topological polar surface area (TPSA) is 156 Å². The molecule has 0 saturated carbocycles. The number of halogens is 1. The van der Waals surface area contributed by atoms with Crippen LogP contribution >= 0.6 is 11.6 Å². The molecule has 11 nitrogen and oxygen atoms in total. The van der Waals surface area contributed by atoms with E-state index in [1.165, 1.54) is 4.90 Å².